The van der Waals surface area contributed by atoms with Gasteiger partial charge >= 0.3 is 0 Å². The maximum absolute atomic E-state index is 14.2. The highest BCUT2D eigenvalue weighted by molar-refractivity contribution is 7.89. The molecule has 1 aliphatic heterocycles. The van der Waals surface area contributed by atoms with Crippen molar-refractivity contribution in [3.63, 3.8) is 0 Å². The van der Waals surface area contributed by atoms with Crippen LogP contribution in [0.4, 0.5) is 10.2 Å². The van der Waals surface area contributed by atoms with Crippen LogP contribution in [0.5, 0.6) is 5.75 Å². The molecule has 0 N–H and O–H groups in total. The summed E-state index contributed by atoms with van der Waals surface area (Å²) in [5.74, 6) is 0.704. The number of rotatable bonds is 6. The Labute approximate surface area is 186 Å². The lowest BCUT2D eigenvalue weighted by Crippen LogP contribution is -2.49. The topological polar surface area (TPSA) is 93.5 Å². The average Bonchev–Trinajstić information content (AvgIpc) is 3.13. The monoisotopic (exact) mass is 460 g/mol. The number of nitrogens with zero attached hydrogens (tertiary/aromatic N) is 6. The first-order chi connectivity index (χ1) is 15.3. The van der Waals surface area contributed by atoms with Crippen LogP contribution in [0.15, 0.2) is 41.6 Å². The largest absolute Gasteiger partial charge is 0.491 e. The zero-order chi connectivity index (χ0) is 22.9. The van der Waals surface area contributed by atoms with Gasteiger partial charge in [-0.2, -0.15) is 9.40 Å². The van der Waals surface area contributed by atoms with E-state index in [1.165, 1.54) is 22.8 Å². The van der Waals surface area contributed by atoms with E-state index in [-0.39, 0.29) is 23.7 Å². The number of halogens is 1. The van der Waals surface area contributed by atoms with Gasteiger partial charge in [0.25, 0.3) is 0 Å². The van der Waals surface area contributed by atoms with E-state index in [4.69, 9.17) is 4.74 Å². The van der Waals surface area contributed by atoms with E-state index in [0.717, 1.165) is 17.5 Å². The van der Waals surface area contributed by atoms with Crippen molar-refractivity contribution in [1.29, 1.82) is 0 Å². The summed E-state index contributed by atoms with van der Waals surface area (Å²) < 4.78 is 48.4. The quantitative estimate of drug-likeness (QED) is 0.557. The van der Waals surface area contributed by atoms with Crippen molar-refractivity contribution in [3.8, 4) is 11.6 Å². The lowest BCUT2D eigenvalue weighted by molar-refractivity contribution is 0.321. The van der Waals surface area contributed by atoms with Gasteiger partial charge in [-0.3, -0.25) is 0 Å². The Hall–Kier alpha value is -3.05. The lowest BCUT2D eigenvalue weighted by atomic mass is 10.3. The highest BCUT2D eigenvalue weighted by atomic mass is 32.2. The lowest BCUT2D eigenvalue weighted by Gasteiger charge is -2.34. The van der Waals surface area contributed by atoms with E-state index in [1.54, 1.807) is 11.6 Å². The molecule has 0 atom stereocenters. The fraction of sp³-hybridized carbons (Fsp3) is 0.381. The van der Waals surface area contributed by atoms with Crippen LogP contribution >= 0.6 is 0 Å². The van der Waals surface area contributed by atoms with Crippen LogP contribution in [-0.2, 0) is 10.0 Å². The zero-order valence-corrected chi connectivity index (χ0v) is 19.0. The van der Waals surface area contributed by atoms with Crippen molar-refractivity contribution in [2.24, 2.45) is 0 Å². The molecule has 1 aromatic carbocycles. The second-order valence-electron chi connectivity index (χ2n) is 7.49. The fourth-order valence-corrected chi connectivity index (χ4v) is 5.14. The number of ether oxygens (including phenoxy) is 1. The van der Waals surface area contributed by atoms with Gasteiger partial charge in [-0.15, -0.1) is 0 Å². The van der Waals surface area contributed by atoms with Crippen molar-refractivity contribution in [2.75, 3.05) is 37.7 Å². The summed E-state index contributed by atoms with van der Waals surface area (Å²) in [6.07, 6.45) is 1.48. The minimum absolute atomic E-state index is 0.0402. The Morgan fingerprint density at radius 2 is 1.75 bits per heavy atom. The number of benzene rings is 1. The summed E-state index contributed by atoms with van der Waals surface area (Å²) in [6, 6.07) is 7.54. The maximum atomic E-state index is 14.2. The van der Waals surface area contributed by atoms with Gasteiger partial charge in [0.1, 0.15) is 12.1 Å². The van der Waals surface area contributed by atoms with Gasteiger partial charge in [0.15, 0.2) is 17.4 Å². The highest BCUT2D eigenvalue weighted by Crippen LogP contribution is 2.25. The summed E-state index contributed by atoms with van der Waals surface area (Å²) in [4.78, 5) is 10.6. The minimum Gasteiger partial charge on any atom is -0.491 e. The zero-order valence-electron chi connectivity index (χ0n) is 18.2. The van der Waals surface area contributed by atoms with Gasteiger partial charge in [-0.05, 0) is 45.0 Å². The molecule has 0 unspecified atom stereocenters. The van der Waals surface area contributed by atoms with Crippen LogP contribution in [0.25, 0.3) is 5.82 Å². The first-order valence-electron chi connectivity index (χ1n) is 10.3. The third kappa shape index (κ3) is 4.30. The van der Waals surface area contributed by atoms with Crippen molar-refractivity contribution >= 4 is 15.8 Å². The number of anilines is 1. The third-order valence-electron chi connectivity index (χ3n) is 5.27. The van der Waals surface area contributed by atoms with E-state index < -0.39 is 15.8 Å². The second-order valence-corrected chi connectivity index (χ2v) is 9.43. The van der Waals surface area contributed by atoms with Gasteiger partial charge in [0.2, 0.25) is 10.0 Å². The van der Waals surface area contributed by atoms with E-state index >= 15 is 0 Å². The van der Waals surface area contributed by atoms with E-state index in [2.05, 4.69) is 15.1 Å². The fourth-order valence-electron chi connectivity index (χ4n) is 3.71. The standard InChI is InChI=1S/C21H25FN6O3S/c1-4-31-19-6-5-17(12-18(19)22)32(29,30)27-9-7-26(8-10-27)20-13-21(24-14-23-20)28-16(3)11-15(2)25-28/h5-6,11-14H,4,7-10H2,1-3H3. The molecule has 0 aliphatic carbocycles. The average molecular weight is 461 g/mol. The molecule has 1 saturated heterocycles. The van der Waals surface area contributed by atoms with E-state index in [9.17, 15) is 12.8 Å². The van der Waals surface area contributed by atoms with Gasteiger partial charge in [0.05, 0.1) is 17.2 Å². The van der Waals surface area contributed by atoms with Crippen LogP contribution in [0.3, 0.4) is 0 Å². The van der Waals surface area contributed by atoms with Gasteiger partial charge < -0.3 is 9.64 Å². The van der Waals surface area contributed by atoms with Crippen LogP contribution in [0, 0.1) is 19.7 Å². The molecule has 0 spiro atoms. The summed E-state index contributed by atoms with van der Waals surface area (Å²) in [7, 11) is -3.81. The van der Waals surface area contributed by atoms with Crippen LogP contribution in [0.1, 0.15) is 18.3 Å². The summed E-state index contributed by atoms with van der Waals surface area (Å²) in [5, 5.41) is 4.45. The van der Waals surface area contributed by atoms with Gasteiger partial charge in [0, 0.05) is 37.9 Å². The van der Waals surface area contributed by atoms with Crippen LogP contribution < -0.4 is 9.64 Å². The second kappa shape index (κ2) is 8.83. The van der Waals surface area contributed by atoms with Crippen molar-refractivity contribution < 1.29 is 17.5 Å². The highest BCUT2D eigenvalue weighted by Gasteiger charge is 2.30. The molecule has 170 valence electrons. The van der Waals surface area contributed by atoms with E-state index in [0.29, 0.717) is 31.3 Å². The molecule has 2 aromatic heterocycles. The molecular weight excluding hydrogens is 435 g/mol. The SMILES string of the molecule is CCOc1ccc(S(=O)(=O)N2CCN(c3cc(-n4nc(C)cc4C)ncn3)CC2)cc1F. The number of aryl methyl sites for hydroxylation is 2. The first-order valence-corrected chi connectivity index (χ1v) is 11.8. The third-order valence-corrected chi connectivity index (χ3v) is 7.16. The number of piperazine rings is 1. The minimum atomic E-state index is -3.81. The Morgan fingerprint density at radius 3 is 2.38 bits per heavy atom. The molecule has 1 aliphatic rings. The molecule has 3 aromatic rings. The predicted molar refractivity (Wildman–Crippen MR) is 117 cm³/mol. The Bertz CT molecular complexity index is 1220. The van der Waals surface area contributed by atoms with Crippen LogP contribution in [0.2, 0.25) is 0 Å². The molecule has 0 bridgehead atoms. The molecule has 11 heteroatoms. The molecule has 1 fully saturated rings. The van der Waals surface area contributed by atoms with Gasteiger partial charge in [-0.25, -0.2) is 27.5 Å². The number of hydrogen-bond donors (Lipinski definition) is 0. The Morgan fingerprint density at radius 1 is 1.03 bits per heavy atom. The van der Waals surface area contributed by atoms with Crippen molar-refractivity contribution in [2.45, 2.75) is 25.7 Å². The smallest absolute Gasteiger partial charge is 0.243 e. The molecule has 0 radical (unpaired) electrons. The molecular formula is C21H25FN6O3S. The van der Waals surface area contributed by atoms with Crippen molar-refractivity contribution in [3.05, 3.63) is 53.9 Å². The van der Waals surface area contributed by atoms with Crippen molar-refractivity contribution in [1.82, 2.24) is 24.1 Å². The van der Waals surface area contributed by atoms with E-state index in [1.807, 2.05) is 30.9 Å². The normalized spacial score (nSPS) is 15.2. The summed E-state index contributed by atoms with van der Waals surface area (Å²) in [5.41, 5.74) is 1.86. The number of aromatic nitrogens is 4. The number of hydrogen-bond acceptors (Lipinski definition) is 7. The maximum Gasteiger partial charge on any atom is 0.243 e. The van der Waals surface area contributed by atoms with Crippen LogP contribution in [-0.4, -0.2) is 65.3 Å². The predicted octanol–water partition coefficient (Wildman–Crippen LogP) is 2.33. The Balaban J connectivity index is 1.48. The molecule has 0 amide bonds. The van der Waals surface area contributed by atoms with Gasteiger partial charge in [-0.1, -0.05) is 0 Å². The number of sulfonamides is 1. The molecule has 9 nitrogen and oxygen atoms in total. The first kappa shape index (κ1) is 22.2. The molecule has 0 saturated carbocycles. The molecule has 32 heavy (non-hydrogen) atoms. The summed E-state index contributed by atoms with van der Waals surface area (Å²) >= 11 is 0. The Kier molecular flexibility index (Phi) is 6.11. The summed E-state index contributed by atoms with van der Waals surface area (Å²) in [6.45, 7) is 7.33. The molecule has 4 rings (SSSR count). The molecule has 3 heterocycles.